The quantitative estimate of drug-likeness (QED) is 0.446. The maximum Gasteiger partial charge on any atom is 0.337 e. The van der Waals surface area contributed by atoms with E-state index in [1.54, 1.807) is 36.0 Å². The van der Waals surface area contributed by atoms with Gasteiger partial charge in [0.05, 0.1) is 17.6 Å². The van der Waals surface area contributed by atoms with Crippen molar-refractivity contribution in [2.24, 2.45) is 0 Å². The van der Waals surface area contributed by atoms with Crippen molar-refractivity contribution in [2.75, 3.05) is 7.11 Å². The second kappa shape index (κ2) is 7.78. The summed E-state index contributed by atoms with van der Waals surface area (Å²) in [6.07, 6.45) is 0. The van der Waals surface area contributed by atoms with Gasteiger partial charge in [0.25, 0.3) is 5.69 Å². The van der Waals surface area contributed by atoms with Gasteiger partial charge in [0.15, 0.2) is 0 Å². The number of hydrogen-bond acceptors (Lipinski definition) is 5. The molecule has 0 aliphatic rings. The number of esters is 1. The van der Waals surface area contributed by atoms with Crippen LogP contribution in [0.5, 0.6) is 0 Å². The van der Waals surface area contributed by atoms with Crippen LogP contribution in [0.3, 0.4) is 0 Å². The van der Waals surface area contributed by atoms with Crippen LogP contribution in [0, 0.1) is 10.1 Å². The average Bonchev–Trinajstić information content (AvgIpc) is 2.59. The van der Waals surface area contributed by atoms with Gasteiger partial charge in [-0.25, -0.2) is 4.79 Å². The monoisotopic (exact) mass is 331 g/mol. The number of rotatable bonds is 6. The lowest BCUT2D eigenvalue weighted by Gasteiger charge is -2.11. The maximum absolute atomic E-state index is 11.4. The summed E-state index contributed by atoms with van der Waals surface area (Å²) < 4.78 is 4.66. The molecule has 120 valence electrons. The van der Waals surface area contributed by atoms with Crippen LogP contribution >= 0.6 is 11.8 Å². The molecule has 0 spiro atoms. The van der Waals surface area contributed by atoms with Crippen molar-refractivity contribution in [3.8, 4) is 0 Å². The molecule has 0 fully saturated rings. The molecule has 2 aromatic carbocycles. The molecule has 0 aliphatic heterocycles. The van der Waals surface area contributed by atoms with Gasteiger partial charge in [-0.3, -0.25) is 10.1 Å². The van der Waals surface area contributed by atoms with Gasteiger partial charge in [-0.1, -0.05) is 24.3 Å². The molecule has 0 aromatic heterocycles. The van der Waals surface area contributed by atoms with Crippen molar-refractivity contribution in [3.63, 3.8) is 0 Å². The van der Waals surface area contributed by atoms with Crippen LogP contribution in [-0.2, 0) is 10.5 Å². The molecule has 0 bridgehead atoms. The van der Waals surface area contributed by atoms with Crippen LogP contribution in [0.2, 0.25) is 0 Å². The van der Waals surface area contributed by atoms with Crippen molar-refractivity contribution in [1.29, 1.82) is 0 Å². The molecular weight excluding hydrogens is 314 g/mol. The van der Waals surface area contributed by atoms with Crippen molar-refractivity contribution >= 4 is 23.4 Å². The molecule has 0 saturated heterocycles. The van der Waals surface area contributed by atoms with Crippen LogP contribution < -0.4 is 0 Å². The van der Waals surface area contributed by atoms with E-state index in [9.17, 15) is 14.9 Å². The molecule has 0 saturated carbocycles. The number of nitro groups is 1. The molecule has 23 heavy (non-hydrogen) atoms. The highest BCUT2D eigenvalue weighted by Gasteiger charge is 2.12. The number of nitrogens with zero attached hydrogens (tertiary/aromatic N) is 1. The fraction of sp³-hybridized carbons (Fsp3) is 0.235. The second-order valence-corrected chi connectivity index (χ2v) is 6.32. The summed E-state index contributed by atoms with van der Waals surface area (Å²) in [4.78, 5) is 21.8. The Morgan fingerprint density at radius 3 is 2.57 bits per heavy atom. The van der Waals surface area contributed by atoms with Crippen molar-refractivity contribution in [2.45, 2.75) is 17.9 Å². The van der Waals surface area contributed by atoms with Crippen molar-refractivity contribution in [3.05, 3.63) is 75.3 Å². The molecule has 1 atom stereocenters. The van der Waals surface area contributed by atoms with E-state index in [-0.39, 0.29) is 21.8 Å². The lowest BCUT2D eigenvalue weighted by molar-refractivity contribution is -0.384. The predicted octanol–water partition coefficient (Wildman–Crippen LogP) is 4.38. The number of benzene rings is 2. The molecule has 2 rings (SSSR count). The lowest BCUT2D eigenvalue weighted by atomic mass is 10.1. The SMILES string of the molecule is COC(=O)c1ccc(CS[C@H](C)c2cccc([N+](=O)[O-])c2)cc1. The zero-order chi connectivity index (χ0) is 16.8. The smallest absolute Gasteiger partial charge is 0.337 e. The Hall–Kier alpha value is -2.34. The number of methoxy groups -OCH3 is 1. The summed E-state index contributed by atoms with van der Waals surface area (Å²) in [5.41, 5.74) is 2.64. The number of carbonyl (C=O) groups excluding carboxylic acids is 1. The average molecular weight is 331 g/mol. The fourth-order valence-corrected chi connectivity index (χ4v) is 3.04. The van der Waals surface area contributed by atoms with Crippen LogP contribution in [0.1, 0.15) is 33.7 Å². The third kappa shape index (κ3) is 4.56. The first kappa shape index (κ1) is 17.0. The number of thioether (sulfide) groups is 1. The van der Waals surface area contributed by atoms with Crippen LogP contribution in [0.15, 0.2) is 48.5 Å². The van der Waals surface area contributed by atoms with Gasteiger partial charge in [0.1, 0.15) is 0 Å². The normalized spacial score (nSPS) is 11.7. The summed E-state index contributed by atoms with van der Waals surface area (Å²) in [7, 11) is 1.35. The number of hydrogen-bond donors (Lipinski definition) is 0. The lowest BCUT2D eigenvalue weighted by Crippen LogP contribution is -2.00. The number of carbonyl (C=O) groups is 1. The molecule has 0 radical (unpaired) electrons. The molecule has 0 heterocycles. The van der Waals surface area contributed by atoms with Gasteiger partial charge < -0.3 is 4.74 Å². The predicted molar refractivity (Wildman–Crippen MR) is 90.6 cm³/mol. The van der Waals surface area contributed by atoms with E-state index < -0.39 is 0 Å². The van der Waals surface area contributed by atoms with E-state index in [1.807, 2.05) is 25.1 Å². The topological polar surface area (TPSA) is 69.4 Å². The van der Waals surface area contributed by atoms with E-state index >= 15 is 0 Å². The van der Waals surface area contributed by atoms with Gasteiger partial charge in [-0.15, -0.1) is 11.8 Å². The van der Waals surface area contributed by atoms with Crippen LogP contribution in [-0.4, -0.2) is 18.0 Å². The minimum absolute atomic E-state index is 0.109. The molecule has 0 N–H and O–H groups in total. The number of nitro benzene ring substituents is 1. The molecule has 0 amide bonds. The fourth-order valence-electron chi connectivity index (χ4n) is 2.06. The highest BCUT2D eigenvalue weighted by molar-refractivity contribution is 7.98. The Kier molecular flexibility index (Phi) is 5.76. The summed E-state index contributed by atoms with van der Waals surface area (Å²) in [5, 5.41) is 11.0. The Balaban J connectivity index is 1.98. The first-order valence-electron chi connectivity index (χ1n) is 7.04. The van der Waals surface area contributed by atoms with Crippen LogP contribution in [0.25, 0.3) is 0 Å². The Morgan fingerprint density at radius 1 is 1.26 bits per heavy atom. The molecule has 2 aromatic rings. The van der Waals surface area contributed by atoms with Crippen molar-refractivity contribution in [1.82, 2.24) is 0 Å². The summed E-state index contributed by atoms with van der Waals surface area (Å²) in [6, 6.07) is 13.9. The third-order valence-electron chi connectivity index (χ3n) is 3.43. The molecule has 0 unspecified atom stereocenters. The summed E-state index contributed by atoms with van der Waals surface area (Å²) in [5.74, 6) is 0.403. The molecular formula is C17H17NO4S. The number of non-ortho nitro benzene ring substituents is 1. The largest absolute Gasteiger partial charge is 0.465 e. The highest BCUT2D eigenvalue weighted by atomic mass is 32.2. The zero-order valence-electron chi connectivity index (χ0n) is 12.9. The second-order valence-electron chi connectivity index (χ2n) is 4.99. The van der Waals surface area contributed by atoms with Gasteiger partial charge >= 0.3 is 5.97 Å². The number of ether oxygens (including phenoxy) is 1. The van der Waals surface area contributed by atoms with Gasteiger partial charge in [0.2, 0.25) is 0 Å². The minimum Gasteiger partial charge on any atom is -0.465 e. The third-order valence-corrected chi connectivity index (χ3v) is 4.70. The Labute approximate surface area is 138 Å². The van der Waals surface area contributed by atoms with Crippen LogP contribution in [0.4, 0.5) is 5.69 Å². The standard InChI is InChI=1S/C17H17NO4S/c1-12(15-4-3-5-16(10-15)18(20)21)23-11-13-6-8-14(9-7-13)17(19)22-2/h3-10,12H,11H2,1-2H3/t12-/m1/s1. The molecule has 6 heteroatoms. The first-order chi connectivity index (χ1) is 11.0. The Bertz CT molecular complexity index is 700. The van der Waals surface area contributed by atoms with E-state index in [1.165, 1.54) is 13.2 Å². The Morgan fingerprint density at radius 2 is 1.96 bits per heavy atom. The van der Waals surface area contributed by atoms with E-state index in [2.05, 4.69) is 4.74 Å². The maximum atomic E-state index is 11.4. The molecule has 0 aliphatic carbocycles. The molecule has 5 nitrogen and oxygen atoms in total. The summed E-state index contributed by atoms with van der Waals surface area (Å²) >= 11 is 1.68. The van der Waals surface area contributed by atoms with E-state index in [4.69, 9.17) is 0 Å². The first-order valence-corrected chi connectivity index (χ1v) is 8.09. The van der Waals surface area contributed by atoms with Crippen molar-refractivity contribution < 1.29 is 14.5 Å². The van der Waals surface area contributed by atoms with Gasteiger partial charge in [-0.05, 0) is 30.2 Å². The summed E-state index contributed by atoms with van der Waals surface area (Å²) in [6.45, 7) is 2.02. The van der Waals surface area contributed by atoms with E-state index in [0.717, 1.165) is 16.9 Å². The van der Waals surface area contributed by atoms with Gasteiger partial charge in [-0.2, -0.15) is 0 Å². The minimum atomic E-state index is -0.383. The van der Waals surface area contributed by atoms with Gasteiger partial charge in [0, 0.05) is 23.1 Å². The van der Waals surface area contributed by atoms with E-state index in [0.29, 0.717) is 5.56 Å². The highest BCUT2D eigenvalue weighted by Crippen LogP contribution is 2.32. The zero-order valence-corrected chi connectivity index (χ0v) is 13.7.